The fourth-order valence-electron chi connectivity index (χ4n) is 5.23. The normalized spacial score (nSPS) is 31.5. The van der Waals surface area contributed by atoms with Crippen molar-refractivity contribution in [3.8, 4) is 0 Å². The Morgan fingerprint density at radius 3 is 2.69 bits per heavy atom. The van der Waals surface area contributed by atoms with Crippen molar-refractivity contribution in [2.75, 3.05) is 19.6 Å². The number of fused-ring (bicyclic) bond motifs is 2. The van der Waals surface area contributed by atoms with Crippen molar-refractivity contribution in [1.29, 1.82) is 0 Å². The summed E-state index contributed by atoms with van der Waals surface area (Å²) in [6, 6.07) is 0. The number of amidine groups is 1. The summed E-state index contributed by atoms with van der Waals surface area (Å²) >= 11 is 0. The number of carbonyl (C=O) groups excluding carboxylic acids is 1. The lowest BCUT2D eigenvalue weighted by Crippen LogP contribution is -2.47. The minimum atomic E-state index is -0.503. The van der Waals surface area contributed by atoms with Crippen molar-refractivity contribution < 1.29 is 9.32 Å². The van der Waals surface area contributed by atoms with Gasteiger partial charge in [-0.1, -0.05) is 19.0 Å². The molecule has 1 aromatic rings. The zero-order valence-corrected chi connectivity index (χ0v) is 16.6. The molecule has 0 unspecified atom stereocenters. The lowest BCUT2D eigenvalue weighted by molar-refractivity contribution is -0.132. The molecule has 2 fully saturated rings. The summed E-state index contributed by atoms with van der Waals surface area (Å²) in [6.07, 6.45) is 2.01. The Morgan fingerprint density at radius 1 is 1.27 bits per heavy atom. The molecule has 6 nitrogen and oxygen atoms in total. The third-order valence-electron chi connectivity index (χ3n) is 6.50. The van der Waals surface area contributed by atoms with Crippen LogP contribution in [0.4, 0.5) is 0 Å². The van der Waals surface area contributed by atoms with Gasteiger partial charge in [0.15, 0.2) is 0 Å². The van der Waals surface area contributed by atoms with Gasteiger partial charge in [0.05, 0.1) is 5.69 Å². The topological polar surface area (TPSA) is 61.9 Å². The molecule has 1 saturated carbocycles. The van der Waals surface area contributed by atoms with Crippen molar-refractivity contribution in [3.63, 3.8) is 0 Å². The predicted octanol–water partition coefficient (Wildman–Crippen LogP) is 2.79. The van der Waals surface area contributed by atoms with Crippen LogP contribution in [0.5, 0.6) is 0 Å². The Bertz CT molecular complexity index is 733. The smallest absolute Gasteiger partial charge is 0.256 e. The Balaban J connectivity index is 1.53. The maximum atomic E-state index is 13.3. The number of nitrogens with zero attached hydrogens (tertiary/aromatic N) is 4. The van der Waals surface area contributed by atoms with E-state index in [1.165, 1.54) is 5.56 Å². The second-order valence-electron chi connectivity index (χ2n) is 8.79. The molecule has 3 aliphatic rings. The van der Waals surface area contributed by atoms with Crippen molar-refractivity contribution in [2.45, 2.75) is 59.5 Å². The van der Waals surface area contributed by atoms with E-state index in [1.807, 2.05) is 25.7 Å². The second kappa shape index (κ2) is 6.19. The molecule has 3 atom stereocenters. The molecule has 26 heavy (non-hydrogen) atoms. The van der Waals surface area contributed by atoms with Gasteiger partial charge in [0.1, 0.15) is 17.1 Å². The van der Waals surface area contributed by atoms with E-state index in [9.17, 15) is 4.79 Å². The van der Waals surface area contributed by atoms with Crippen LogP contribution < -0.4 is 0 Å². The number of rotatable bonds is 4. The van der Waals surface area contributed by atoms with Crippen molar-refractivity contribution in [2.24, 2.45) is 22.7 Å². The number of carbonyl (C=O) groups is 1. The molecule has 4 rings (SSSR count). The molecule has 0 aromatic carbocycles. The lowest BCUT2D eigenvalue weighted by atomic mass is 9.84. The van der Waals surface area contributed by atoms with Crippen LogP contribution in [0.1, 0.15) is 50.6 Å². The molecule has 1 spiro atoms. The van der Waals surface area contributed by atoms with Gasteiger partial charge in [-0.25, -0.2) is 0 Å². The van der Waals surface area contributed by atoms with Gasteiger partial charge in [0.2, 0.25) is 0 Å². The van der Waals surface area contributed by atoms with E-state index >= 15 is 0 Å². The molecular weight excluding hydrogens is 328 g/mol. The summed E-state index contributed by atoms with van der Waals surface area (Å²) in [6.45, 7) is 13.9. The van der Waals surface area contributed by atoms with Crippen LogP contribution in [0.3, 0.4) is 0 Å². The Morgan fingerprint density at radius 2 is 2.04 bits per heavy atom. The third kappa shape index (κ3) is 2.61. The quantitative estimate of drug-likeness (QED) is 0.830. The molecule has 1 amide bonds. The standard InChI is InChI=1S/C20H30N4O2/c1-12(2)8-24-15(5)21-20(19(24)25)7-6-16-9-23(11-18(16)20)10-17-13(3)22-26-14(17)4/h12,16,18H,6-11H2,1-5H3/t16-,18+,20-/m1/s1. The first-order valence-electron chi connectivity index (χ1n) is 9.84. The summed E-state index contributed by atoms with van der Waals surface area (Å²) < 4.78 is 5.32. The van der Waals surface area contributed by atoms with E-state index in [1.54, 1.807) is 0 Å². The minimum absolute atomic E-state index is 0.246. The van der Waals surface area contributed by atoms with Crippen LogP contribution in [0.25, 0.3) is 0 Å². The summed E-state index contributed by atoms with van der Waals surface area (Å²) in [7, 11) is 0. The molecular formula is C20H30N4O2. The van der Waals surface area contributed by atoms with Crippen LogP contribution >= 0.6 is 0 Å². The maximum Gasteiger partial charge on any atom is 0.256 e. The van der Waals surface area contributed by atoms with Crippen molar-refractivity contribution >= 4 is 11.7 Å². The highest BCUT2D eigenvalue weighted by Gasteiger charge is 2.60. The first kappa shape index (κ1) is 17.7. The predicted molar refractivity (Wildman–Crippen MR) is 99.9 cm³/mol. The van der Waals surface area contributed by atoms with Crippen LogP contribution in [0, 0.1) is 31.6 Å². The molecule has 0 bridgehead atoms. The van der Waals surface area contributed by atoms with Gasteiger partial charge >= 0.3 is 0 Å². The number of amides is 1. The van der Waals surface area contributed by atoms with E-state index in [4.69, 9.17) is 9.52 Å². The Kier molecular flexibility index (Phi) is 4.21. The number of aliphatic imine (C=N–C) groups is 1. The van der Waals surface area contributed by atoms with E-state index in [2.05, 4.69) is 23.9 Å². The monoisotopic (exact) mass is 358 g/mol. The minimum Gasteiger partial charge on any atom is -0.361 e. The average Bonchev–Trinajstić information content (AvgIpc) is 3.27. The molecule has 2 aliphatic heterocycles. The van der Waals surface area contributed by atoms with Gasteiger partial charge in [-0.05, 0) is 45.4 Å². The average molecular weight is 358 g/mol. The highest BCUT2D eigenvalue weighted by molar-refractivity contribution is 6.07. The summed E-state index contributed by atoms with van der Waals surface area (Å²) in [5, 5.41) is 4.08. The third-order valence-corrected chi connectivity index (χ3v) is 6.50. The lowest BCUT2D eigenvalue weighted by Gasteiger charge is -2.28. The molecule has 1 aliphatic carbocycles. The highest BCUT2D eigenvalue weighted by Crippen LogP contribution is 2.50. The van der Waals surface area contributed by atoms with Crippen LogP contribution in [0.2, 0.25) is 0 Å². The summed E-state index contributed by atoms with van der Waals surface area (Å²) in [5.74, 6) is 3.42. The maximum absolute atomic E-state index is 13.3. The molecule has 0 N–H and O–H groups in total. The number of likely N-dealkylation sites (tertiary alicyclic amines) is 1. The Labute approximate surface area is 155 Å². The molecule has 3 heterocycles. The summed E-state index contributed by atoms with van der Waals surface area (Å²) in [5.41, 5.74) is 1.66. The molecule has 0 radical (unpaired) electrons. The second-order valence-corrected chi connectivity index (χ2v) is 8.79. The van der Waals surface area contributed by atoms with Crippen LogP contribution in [0.15, 0.2) is 9.52 Å². The highest BCUT2D eigenvalue weighted by atomic mass is 16.5. The largest absolute Gasteiger partial charge is 0.361 e. The number of hydrogen-bond acceptors (Lipinski definition) is 5. The fraction of sp³-hybridized carbons (Fsp3) is 0.750. The van der Waals surface area contributed by atoms with Crippen molar-refractivity contribution in [3.05, 3.63) is 17.0 Å². The number of aromatic nitrogens is 1. The van der Waals surface area contributed by atoms with E-state index < -0.39 is 5.54 Å². The van der Waals surface area contributed by atoms with Crippen molar-refractivity contribution in [1.82, 2.24) is 15.0 Å². The van der Waals surface area contributed by atoms with Gasteiger partial charge in [0, 0.05) is 37.7 Å². The zero-order chi connectivity index (χ0) is 18.6. The first-order chi connectivity index (χ1) is 12.3. The molecule has 1 aromatic heterocycles. The zero-order valence-electron chi connectivity index (χ0n) is 16.6. The van der Waals surface area contributed by atoms with Gasteiger partial charge < -0.3 is 4.52 Å². The Hall–Kier alpha value is -1.69. The summed E-state index contributed by atoms with van der Waals surface area (Å²) in [4.78, 5) is 22.7. The van der Waals surface area contributed by atoms with E-state index in [0.29, 0.717) is 17.8 Å². The van der Waals surface area contributed by atoms with Gasteiger partial charge in [-0.3, -0.25) is 19.6 Å². The van der Waals surface area contributed by atoms with Crippen LogP contribution in [-0.2, 0) is 11.3 Å². The first-order valence-corrected chi connectivity index (χ1v) is 9.84. The van der Waals surface area contributed by atoms with Gasteiger partial charge in [-0.15, -0.1) is 0 Å². The van der Waals surface area contributed by atoms with Gasteiger partial charge in [-0.2, -0.15) is 0 Å². The van der Waals surface area contributed by atoms with E-state index in [-0.39, 0.29) is 5.91 Å². The molecule has 6 heteroatoms. The molecule has 1 saturated heterocycles. The fourth-order valence-corrected chi connectivity index (χ4v) is 5.23. The number of aryl methyl sites for hydroxylation is 2. The SMILES string of the molecule is CC1=N[C@@]2(CC[C@@H]3CN(Cc4c(C)noc4C)C[C@@H]32)C(=O)N1CC(C)C. The molecule has 142 valence electrons. The van der Waals surface area contributed by atoms with Gasteiger partial charge in [0.25, 0.3) is 5.91 Å². The van der Waals surface area contributed by atoms with Crippen LogP contribution in [-0.4, -0.2) is 51.9 Å². The number of hydrogen-bond donors (Lipinski definition) is 0. The van der Waals surface area contributed by atoms with E-state index in [0.717, 1.165) is 56.3 Å².